The average Bonchev–Trinajstić information content (AvgIpc) is 2.31. The number of ether oxygens (including phenoxy) is 1. The zero-order valence-corrected chi connectivity index (χ0v) is 11.2. The fraction of sp³-hybridized carbons (Fsp3) is 0.538. The molecule has 1 unspecified atom stereocenters. The molecule has 0 amide bonds. The zero-order valence-electron chi connectivity index (χ0n) is 10.4. The molecule has 0 heterocycles. The van der Waals surface area contributed by atoms with Crippen LogP contribution in [0.1, 0.15) is 12.5 Å². The van der Waals surface area contributed by atoms with E-state index in [4.69, 9.17) is 27.8 Å². The van der Waals surface area contributed by atoms with E-state index in [2.05, 4.69) is 6.92 Å². The second kappa shape index (κ2) is 6.84. The Labute approximate surface area is 108 Å². The Morgan fingerprint density at radius 1 is 1.29 bits per heavy atom. The van der Waals surface area contributed by atoms with Gasteiger partial charge < -0.3 is 16.2 Å². The Kier molecular flexibility index (Phi) is 5.75. The Hall–Kier alpha value is -0.770. The van der Waals surface area contributed by atoms with Gasteiger partial charge in [0.15, 0.2) is 0 Å². The maximum Gasteiger partial charge on any atom is 0.122 e. The van der Waals surface area contributed by atoms with E-state index in [1.807, 2.05) is 18.2 Å². The summed E-state index contributed by atoms with van der Waals surface area (Å²) in [6.07, 6.45) is 0.878. The summed E-state index contributed by atoms with van der Waals surface area (Å²) in [6, 6.07) is 5.67. The van der Waals surface area contributed by atoms with Gasteiger partial charge in [-0.05, 0) is 55.1 Å². The molecule has 0 aliphatic rings. The molecule has 0 saturated carbocycles. The molecular formula is C13H21ClN2O. The van der Waals surface area contributed by atoms with E-state index in [-0.39, 0.29) is 0 Å². The average molecular weight is 257 g/mol. The molecule has 0 bridgehead atoms. The normalized spacial score (nSPS) is 12.8. The predicted octanol–water partition coefficient (Wildman–Crippen LogP) is 2.06. The fourth-order valence-corrected chi connectivity index (χ4v) is 2.18. The quantitative estimate of drug-likeness (QED) is 0.819. The van der Waals surface area contributed by atoms with Crippen LogP contribution < -0.4 is 16.2 Å². The van der Waals surface area contributed by atoms with Gasteiger partial charge in [-0.15, -0.1) is 0 Å². The van der Waals surface area contributed by atoms with Gasteiger partial charge in [-0.2, -0.15) is 0 Å². The van der Waals surface area contributed by atoms with Gasteiger partial charge >= 0.3 is 0 Å². The van der Waals surface area contributed by atoms with Crippen LogP contribution in [0.25, 0.3) is 0 Å². The number of benzene rings is 1. The highest BCUT2D eigenvalue weighted by Gasteiger charge is 2.16. The molecule has 3 nitrogen and oxygen atoms in total. The maximum atomic E-state index is 6.00. The summed E-state index contributed by atoms with van der Waals surface area (Å²) >= 11 is 6.00. The molecule has 0 aromatic heterocycles. The lowest BCUT2D eigenvalue weighted by Crippen LogP contribution is -2.30. The molecule has 1 atom stereocenters. The van der Waals surface area contributed by atoms with Crippen molar-refractivity contribution in [3.63, 3.8) is 0 Å². The molecule has 96 valence electrons. The monoisotopic (exact) mass is 256 g/mol. The molecule has 4 heteroatoms. The first-order valence-electron chi connectivity index (χ1n) is 5.84. The van der Waals surface area contributed by atoms with E-state index in [1.54, 1.807) is 7.11 Å². The van der Waals surface area contributed by atoms with Crippen LogP contribution in [-0.4, -0.2) is 20.2 Å². The predicted molar refractivity (Wildman–Crippen MR) is 72.5 cm³/mol. The number of hydrogen-bond donors (Lipinski definition) is 2. The van der Waals surface area contributed by atoms with Crippen molar-refractivity contribution in [1.82, 2.24) is 0 Å². The van der Waals surface area contributed by atoms with Gasteiger partial charge in [-0.1, -0.05) is 18.5 Å². The lowest BCUT2D eigenvalue weighted by molar-refractivity contribution is 0.360. The highest BCUT2D eigenvalue weighted by atomic mass is 35.5. The first kappa shape index (κ1) is 14.3. The first-order valence-corrected chi connectivity index (χ1v) is 6.22. The Bertz CT molecular complexity index is 353. The third-order valence-corrected chi connectivity index (χ3v) is 3.43. The Morgan fingerprint density at radius 2 is 1.94 bits per heavy atom. The summed E-state index contributed by atoms with van der Waals surface area (Å²) in [7, 11) is 1.67. The standard InChI is InChI=1S/C13H21ClN2O/c1-9(11(7-15)8-16)5-10-6-12(14)3-4-13(10)17-2/h3-4,6,9,11H,5,7-8,15-16H2,1-2H3. The number of rotatable bonds is 6. The molecule has 0 radical (unpaired) electrons. The molecule has 1 aromatic carbocycles. The third kappa shape index (κ3) is 3.87. The van der Waals surface area contributed by atoms with Crippen molar-refractivity contribution in [2.75, 3.05) is 20.2 Å². The van der Waals surface area contributed by atoms with Crippen molar-refractivity contribution in [3.8, 4) is 5.75 Å². The molecule has 0 fully saturated rings. The summed E-state index contributed by atoms with van der Waals surface area (Å²) in [5.41, 5.74) is 12.5. The summed E-state index contributed by atoms with van der Waals surface area (Å²) < 4.78 is 5.33. The molecule has 4 N–H and O–H groups in total. The van der Waals surface area contributed by atoms with Gasteiger partial charge in [-0.25, -0.2) is 0 Å². The molecule has 0 saturated heterocycles. The molecule has 1 aromatic rings. The minimum atomic E-state index is 0.332. The van der Waals surface area contributed by atoms with Crippen LogP contribution in [-0.2, 0) is 6.42 Å². The molecular weight excluding hydrogens is 236 g/mol. The van der Waals surface area contributed by atoms with E-state index in [0.29, 0.717) is 24.9 Å². The SMILES string of the molecule is COc1ccc(Cl)cc1CC(C)C(CN)CN. The maximum absolute atomic E-state index is 6.00. The largest absolute Gasteiger partial charge is 0.496 e. The van der Waals surface area contributed by atoms with Crippen molar-refractivity contribution in [2.24, 2.45) is 23.3 Å². The van der Waals surface area contributed by atoms with Gasteiger partial charge in [0.05, 0.1) is 7.11 Å². The van der Waals surface area contributed by atoms with E-state index in [0.717, 1.165) is 22.8 Å². The van der Waals surface area contributed by atoms with Gasteiger partial charge in [-0.3, -0.25) is 0 Å². The lowest BCUT2D eigenvalue weighted by Gasteiger charge is -2.21. The topological polar surface area (TPSA) is 61.3 Å². The minimum Gasteiger partial charge on any atom is -0.496 e. The van der Waals surface area contributed by atoms with Crippen molar-refractivity contribution < 1.29 is 4.74 Å². The Morgan fingerprint density at radius 3 is 2.47 bits per heavy atom. The number of nitrogens with two attached hydrogens (primary N) is 2. The lowest BCUT2D eigenvalue weighted by atomic mass is 9.88. The van der Waals surface area contributed by atoms with Crippen LogP contribution in [0.15, 0.2) is 18.2 Å². The van der Waals surface area contributed by atoms with Crippen LogP contribution in [0.4, 0.5) is 0 Å². The van der Waals surface area contributed by atoms with E-state index < -0.39 is 0 Å². The summed E-state index contributed by atoms with van der Waals surface area (Å²) in [4.78, 5) is 0. The van der Waals surface area contributed by atoms with Crippen molar-refractivity contribution in [2.45, 2.75) is 13.3 Å². The minimum absolute atomic E-state index is 0.332. The van der Waals surface area contributed by atoms with Gasteiger partial charge in [0, 0.05) is 5.02 Å². The second-order valence-electron chi connectivity index (χ2n) is 4.37. The van der Waals surface area contributed by atoms with Crippen LogP contribution in [0.5, 0.6) is 5.75 Å². The summed E-state index contributed by atoms with van der Waals surface area (Å²) in [5, 5.41) is 0.727. The number of methoxy groups -OCH3 is 1. The fourth-order valence-electron chi connectivity index (χ4n) is 1.98. The number of hydrogen-bond acceptors (Lipinski definition) is 3. The number of halogens is 1. The van der Waals surface area contributed by atoms with Gasteiger partial charge in [0.1, 0.15) is 5.75 Å². The van der Waals surface area contributed by atoms with Crippen molar-refractivity contribution >= 4 is 11.6 Å². The highest BCUT2D eigenvalue weighted by Crippen LogP contribution is 2.27. The Balaban J connectivity index is 2.82. The smallest absolute Gasteiger partial charge is 0.122 e. The van der Waals surface area contributed by atoms with E-state index >= 15 is 0 Å². The van der Waals surface area contributed by atoms with Crippen molar-refractivity contribution in [3.05, 3.63) is 28.8 Å². The first-order chi connectivity index (χ1) is 8.12. The van der Waals surface area contributed by atoms with E-state index in [1.165, 1.54) is 0 Å². The molecule has 0 spiro atoms. The van der Waals surface area contributed by atoms with Crippen molar-refractivity contribution in [1.29, 1.82) is 0 Å². The third-order valence-electron chi connectivity index (χ3n) is 3.19. The van der Waals surface area contributed by atoms with Crippen LogP contribution in [0.3, 0.4) is 0 Å². The van der Waals surface area contributed by atoms with Crippen LogP contribution in [0, 0.1) is 11.8 Å². The van der Waals surface area contributed by atoms with E-state index in [9.17, 15) is 0 Å². The van der Waals surface area contributed by atoms with Gasteiger partial charge in [0.25, 0.3) is 0 Å². The molecule has 1 rings (SSSR count). The second-order valence-corrected chi connectivity index (χ2v) is 4.81. The molecule has 17 heavy (non-hydrogen) atoms. The van der Waals surface area contributed by atoms with Crippen LogP contribution >= 0.6 is 11.6 Å². The molecule has 0 aliphatic carbocycles. The summed E-state index contributed by atoms with van der Waals surface area (Å²) in [5.74, 6) is 1.62. The molecule has 0 aliphatic heterocycles. The van der Waals surface area contributed by atoms with Gasteiger partial charge in [0.2, 0.25) is 0 Å². The highest BCUT2D eigenvalue weighted by molar-refractivity contribution is 6.30. The summed E-state index contributed by atoms with van der Waals surface area (Å²) in [6.45, 7) is 3.38. The van der Waals surface area contributed by atoms with Crippen LogP contribution in [0.2, 0.25) is 5.02 Å². The zero-order chi connectivity index (χ0) is 12.8.